The Labute approximate surface area is 438 Å². The summed E-state index contributed by atoms with van der Waals surface area (Å²) in [5.74, 6) is -0.952. The highest BCUT2D eigenvalue weighted by Crippen LogP contribution is 2.30. The molecule has 2 atom stereocenters. The second-order valence-corrected chi connectivity index (χ2v) is 13.8. The van der Waals surface area contributed by atoms with Crippen molar-refractivity contribution in [3.05, 3.63) is 169 Å². The van der Waals surface area contributed by atoms with Crippen LogP contribution in [-0.2, 0) is 23.9 Å². The smallest absolute Gasteiger partial charge is 0.352 e. The minimum atomic E-state index is -1.12. The predicted octanol–water partition coefficient (Wildman–Crippen LogP) is 12.4. The van der Waals surface area contributed by atoms with Crippen LogP contribution in [0.5, 0.6) is 11.5 Å². The number of carboxylic acid groups (broad SMARTS) is 1. The fraction of sp³-hybridized carbons (Fsp3) is 0.310. The lowest BCUT2D eigenvalue weighted by molar-refractivity contribution is -0.152. The molecule has 0 aliphatic rings. The number of rotatable bonds is 14. The molecule has 0 fully saturated rings. The van der Waals surface area contributed by atoms with E-state index in [-0.39, 0.29) is 39.8 Å². The van der Waals surface area contributed by atoms with E-state index in [1.807, 2.05) is 159 Å². The molecule has 0 saturated carbocycles. The van der Waals surface area contributed by atoms with Gasteiger partial charge in [0.15, 0.2) is 0 Å². The lowest BCUT2D eigenvalue weighted by Crippen LogP contribution is -2.28. The van der Waals surface area contributed by atoms with Gasteiger partial charge in [0.2, 0.25) is 24.0 Å². The highest BCUT2D eigenvalue weighted by atomic mass is 16.6. The van der Waals surface area contributed by atoms with E-state index in [1.54, 1.807) is 60.7 Å². The summed E-state index contributed by atoms with van der Waals surface area (Å²) in [7, 11) is 0. The van der Waals surface area contributed by atoms with Crippen LogP contribution in [-0.4, -0.2) is 78.5 Å². The molecule has 16 heteroatoms. The Hall–Kier alpha value is -8.40. The molecule has 16 nitrogen and oxygen atoms in total. The number of benzene rings is 6. The number of nitrogens with zero attached hydrogens (tertiary/aromatic N) is 6. The van der Waals surface area contributed by atoms with Gasteiger partial charge in [-0.3, -0.25) is 9.59 Å². The first-order valence-electron chi connectivity index (χ1n) is 24.3. The van der Waals surface area contributed by atoms with Gasteiger partial charge in [-0.25, -0.2) is 9.59 Å². The topological polar surface area (TPSA) is 202 Å². The van der Waals surface area contributed by atoms with E-state index < -0.39 is 24.1 Å². The van der Waals surface area contributed by atoms with Crippen LogP contribution in [0, 0.1) is 0 Å². The number of hydrogen-bond acceptors (Lipinski definition) is 11. The van der Waals surface area contributed by atoms with Crippen molar-refractivity contribution in [1.82, 2.24) is 40.6 Å². The average molecular weight is 1020 g/mol. The third-order valence-corrected chi connectivity index (χ3v) is 9.01. The molecule has 0 saturated heterocycles. The van der Waals surface area contributed by atoms with Crippen LogP contribution in [0.3, 0.4) is 0 Å². The molecular formula is C58H78N8O8. The molecule has 6 aromatic carbocycles. The van der Waals surface area contributed by atoms with Crippen molar-refractivity contribution in [3.63, 3.8) is 0 Å². The Morgan fingerprint density at radius 1 is 0.486 bits per heavy atom. The Kier molecular flexibility index (Phi) is 33.1. The van der Waals surface area contributed by atoms with Crippen molar-refractivity contribution in [2.24, 2.45) is 0 Å². The van der Waals surface area contributed by atoms with Crippen LogP contribution in [0.1, 0.15) is 114 Å². The molecule has 8 rings (SSSR count). The second kappa shape index (κ2) is 37.4. The zero-order chi connectivity index (χ0) is 53.3. The van der Waals surface area contributed by atoms with Gasteiger partial charge < -0.3 is 30.0 Å². The van der Waals surface area contributed by atoms with Gasteiger partial charge >= 0.3 is 11.9 Å². The number of aromatic nitrogens is 6. The molecular weight excluding hydrogens is 937 g/mol. The summed E-state index contributed by atoms with van der Waals surface area (Å²) >= 11 is 0. The van der Waals surface area contributed by atoms with Crippen LogP contribution in [0.4, 0.5) is 0 Å². The van der Waals surface area contributed by atoms with Crippen LogP contribution in [0.25, 0.3) is 33.4 Å². The SMILES string of the molecule is C.C.CC.CC.CC.CC.CC(=O)NCCOC(=O)C(Oc1ccccc1-n1nc2ccccc2n1)c1ccccc1.CCNC(C)=O.O=C(O)C(Oc1ccccc1-n1nc2ccccc2n1)c1ccccc1. The zero-order valence-corrected chi connectivity index (χ0v) is 43.3. The van der Waals surface area contributed by atoms with Gasteiger partial charge in [-0.05, 0) is 55.5 Å². The Morgan fingerprint density at radius 3 is 1.15 bits per heavy atom. The zero-order valence-electron chi connectivity index (χ0n) is 43.3. The first kappa shape index (κ1) is 65.6. The maximum absolute atomic E-state index is 12.9. The maximum atomic E-state index is 12.9. The number of aliphatic carboxylic acids is 1. The summed E-state index contributed by atoms with van der Waals surface area (Å²) in [4.78, 5) is 48.5. The van der Waals surface area contributed by atoms with E-state index in [4.69, 9.17) is 14.2 Å². The second-order valence-electron chi connectivity index (χ2n) is 13.8. The van der Waals surface area contributed by atoms with Crippen molar-refractivity contribution in [1.29, 1.82) is 0 Å². The first-order valence-corrected chi connectivity index (χ1v) is 24.3. The first-order chi connectivity index (χ1) is 35.1. The van der Waals surface area contributed by atoms with Gasteiger partial charge in [-0.15, -0.1) is 30.0 Å². The number of ether oxygens (including phenoxy) is 3. The number of carbonyl (C=O) groups excluding carboxylic acids is 3. The van der Waals surface area contributed by atoms with Gasteiger partial charge in [-0.2, -0.15) is 0 Å². The number of carbonyl (C=O) groups is 4. The predicted molar refractivity (Wildman–Crippen MR) is 298 cm³/mol. The van der Waals surface area contributed by atoms with Gasteiger partial charge in [0.05, 0.1) is 6.54 Å². The van der Waals surface area contributed by atoms with Crippen LogP contribution in [0.2, 0.25) is 0 Å². The third-order valence-electron chi connectivity index (χ3n) is 9.01. The fourth-order valence-corrected chi connectivity index (χ4v) is 6.11. The Morgan fingerprint density at radius 2 is 0.811 bits per heavy atom. The van der Waals surface area contributed by atoms with E-state index in [0.717, 1.165) is 28.6 Å². The van der Waals surface area contributed by atoms with Gasteiger partial charge in [0.1, 0.15) is 51.5 Å². The Balaban J connectivity index is 0.00000114. The summed E-state index contributed by atoms with van der Waals surface area (Å²) in [6.07, 6.45) is -2.12. The number of fused-ring (bicyclic) bond motifs is 2. The molecule has 0 aliphatic carbocycles. The molecule has 0 spiro atoms. The van der Waals surface area contributed by atoms with Crippen molar-refractivity contribution in [3.8, 4) is 22.9 Å². The van der Waals surface area contributed by atoms with E-state index in [1.165, 1.54) is 23.4 Å². The van der Waals surface area contributed by atoms with Crippen LogP contribution in [0.15, 0.2) is 158 Å². The molecule has 398 valence electrons. The van der Waals surface area contributed by atoms with Gasteiger partial charge in [0, 0.05) is 31.5 Å². The largest absolute Gasteiger partial charge is 0.478 e. The molecule has 0 bridgehead atoms. The highest BCUT2D eigenvalue weighted by molar-refractivity contribution is 5.78. The van der Waals surface area contributed by atoms with Crippen LogP contribution >= 0.6 is 0 Å². The quantitative estimate of drug-likeness (QED) is 0.0688. The molecule has 2 heterocycles. The number of para-hydroxylation sites is 4. The number of nitrogens with one attached hydrogen (secondary N) is 2. The monoisotopic (exact) mass is 1010 g/mol. The molecule has 0 radical (unpaired) electrons. The molecule has 2 unspecified atom stereocenters. The van der Waals surface area contributed by atoms with Crippen LogP contribution < -0.4 is 20.1 Å². The normalized spacial score (nSPS) is 10.2. The highest BCUT2D eigenvalue weighted by Gasteiger charge is 2.27. The number of carboxylic acids is 1. The number of hydrogen-bond donors (Lipinski definition) is 3. The summed E-state index contributed by atoms with van der Waals surface area (Å²) in [5, 5.41) is 32.7. The van der Waals surface area contributed by atoms with Gasteiger partial charge in [0.25, 0.3) is 0 Å². The van der Waals surface area contributed by atoms with E-state index in [9.17, 15) is 24.3 Å². The summed E-state index contributed by atoms with van der Waals surface area (Å²) in [6, 6.07) is 47.3. The van der Waals surface area contributed by atoms with Crippen molar-refractivity contribution in [2.45, 2.75) is 103 Å². The molecule has 2 aromatic heterocycles. The van der Waals surface area contributed by atoms with Crippen molar-refractivity contribution >= 4 is 45.8 Å². The fourth-order valence-electron chi connectivity index (χ4n) is 6.11. The third kappa shape index (κ3) is 20.7. The number of amides is 2. The lowest BCUT2D eigenvalue weighted by atomic mass is 10.1. The Bertz CT molecular complexity index is 2730. The van der Waals surface area contributed by atoms with Crippen molar-refractivity contribution in [2.75, 3.05) is 19.7 Å². The molecule has 8 aromatic rings. The van der Waals surface area contributed by atoms with E-state index >= 15 is 0 Å². The van der Waals surface area contributed by atoms with Crippen molar-refractivity contribution < 1.29 is 38.5 Å². The minimum absolute atomic E-state index is 0. The van der Waals surface area contributed by atoms with Gasteiger partial charge in [-0.1, -0.05) is 179 Å². The molecule has 74 heavy (non-hydrogen) atoms. The summed E-state index contributed by atoms with van der Waals surface area (Å²) < 4.78 is 17.4. The van der Waals surface area contributed by atoms with E-state index in [0.29, 0.717) is 34.0 Å². The molecule has 0 aliphatic heterocycles. The summed E-state index contributed by atoms with van der Waals surface area (Å²) in [6.45, 7) is 21.8. The lowest BCUT2D eigenvalue weighted by Gasteiger charge is -2.20. The summed E-state index contributed by atoms with van der Waals surface area (Å²) in [5.41, 5.74) is 5.37. The maximum Gasteiger partial charge on any atom is 0.352 e. The minimum Gasteiger partial charge on any atom is -0.478 e. The molecule has 2 amide bonds. The molecule has 3 N–H and O–H groups in total. The van der Waals surface area contributed by atoms with E-state index in [2.05, 4.69) is 31.0 Å². The standard InChI is InChI=1S/C24H22N4O4.C20H15N3O3.C4H9NO.4C2H6.2CH4/c1-17(29)25-15-16-31-24(30)23(18-9-3-2-4-10-18)32-22-14-8-7-13-21(22)28-26-19-11-5-6-12-20(19)27-28;24-20(25)19(14-8-2-1-3-9-14)26-18-13-7-6-12-17(18)23-21-15-10-4-5-11-16(15)22-23;1-3-5-4(2)6;4*1-2;;/h2-14,23H,15-16H2,1H3,(H,25,29);1-13,19H,(H,24,25);3H2,1-2H3,(H,5,6);4*1-2H3;2*1H4. The number of esters is 1. The average Bonchev–Trinajstić information content (AvgIpc) is 4.07.